The van der Waals surface area contributed by atoms with Gasteiger partial charge < -0.3 is 5.32 Å². The van der Waals surface area contributed by atoms with E-state index in [-0.39, 0.29) is 17.3 Å². The largest absolute Gasteiger partial charge is 0.355 e. The fourth-order valence-electron chi connectivity index (χ4n) is 4.26. The van der Waals surface area contributed by atoms with Crippen molar-refractivity contribution in [1.29, 1.82) is 0 Å². The minimum absolute atomic E-state index is 0.134. The number of sulfonamides is 1. The predicted molar refractivity (Wildman–Crippen MR) is 97.8 cm³/mol. The lowest BCUT2D eigenvalue weighted by Crippen LogP contribution is -2.39. The number of halogens is 1. The van der Waals surface area contributed by atoms with Gasteiger partial charge in [-0.15, -0.1) is 0 Å². The number of likely N-dealkylation sites (N-methyl/N-ethyl adjacent to an activating group) is 1. The maximum atomic E-state index is 12.5. The topological polar surface area (TPSA) is 66.5 Å². The number of nitrogens with zero attached hydrogens (tertiary/aromatic N) is 1. The van der Waals surface area contributed by atoms with Gasteiger partial charge in [-0.3, -0.25) is 4.79 Å². The van der Waals surface area contributed by atoms with Crippen LogP contribution in [0, 0.1) is 17.8 Å². The first-order chi connectivity index (χ1) is 11.9. The second-order valence-corrected chi connectivity index (χ2v) is 9.77. The Morgan fingerprint density at radius 1 is 1.24 bits per heavy atom. The number of carbonyl (C=O) groups excluding carboxylic acids is 1. The van der Waals surface area contributed by atoms with Crippen LogP contribution in [0.2, 0.25) is 5.02 Å². The lowest BCUT2D eigenvalue weighted by molar-refractivity contribution is -0.121. The van der Waals surface area contributed by atoms with Crippen molar-refractivity contribution in [3.63, 3.8) is 0 Å². The van der Waals surface area contributed by atoms with Gasteiger partial charge in [0.2, 0.25) is 15.9 Å². The number of rotatable bonds is 7. The van der Waals surface area contributed by atoms with Crippen molar-refractivity contribution in [1.82, 2.24) is 9.62 Å². The van der Waals surface area contributed by atoms with E-state index in [1.54, 1.807) is 0 Å². The van der Waals surface area contributed by atoms with E-state index < -0.39 is 10.0 Å². The number of nitrogens with one attached hydrogen (secondary N) is 1. The van der Waals surface area contributed by atoms with Crippen molar-refractivity contribution in [3.8, 4) is 0 Å². The second-order valence-electron chi connectivity index (χ2n) is 7.29. The van der Waals surface area contributed by atoms with Crippen molar-refractivity contribution in [2.24, 2.45) is 17.8 Å². The zero-order valence-electron chi connectivity index (χ0n) is 14.4. The molecule has 2 bridgehead atoms. The van der Waals surface area contributed by atoms with Gasteiger partial charge in [0.15, 0.2) is 0 Å². The molecule has 1 aromatic carbocycles. The first kappa shape index (κ1) is 18.7. The summed E-state index contributed by atoms with van der Waals surface area (Å²) in [4.78, 5) is 12.2. The van der Waals surface area contributed by atoms with E-state index >= 15 is 0 Å². The molecule has 2 aliphatic rings. The van der Waals surface area contributed by atoms with Crippen LogP contribution in [0.4, 0.5) is 0 Å². The molecule has 0 spiro atoms. The summed E-state index contributed by atoms with van der Waals surface area (Å²) in [5.41, 5.74) is 0. The molecular formula is C18H25ClN2O3S. The maximum Gasteiger partial charge on any atom is 0.243 e. The highest BCUT2D eigenvalue weighted by Crippen LogP contribution is 2.49. The van der Waals surface area contributed by atoms with Crippen LogP contribution in [0.3, 0.4) is 0 Å². The first-order valence-corrected chi connectivity index (χ1v) is 10.7. The van der Waals surface area contributed by atoms with Crippen molar-refractivity contribution < 1.29 is 13.2 Å². The average molecular weight is 385 g/mol. The van der Waals surface area contributed by atoms with Crippen molar-refractivity contribution in [3.05, 3.63) is 29.3 Å². The molecule has 138 valence electrons. The third-order valence-electron chi connectivity index (χ3n) is 5.61. The van der Waals surface area contributed by atoms with E-state index in [1.807, 2.05) is 0 Å². The fourth-order valence-corrected chi connectivity index (χ4v) is 5.51. The molecule has 0 aromatic heterocycles. The Morgan fingerprint density at radius 3 is 2.56 bits per heavy atom. The van der Waals surface area contributed by atoms with Gasteiger partial charge in [0.1, 0.15) is 0 Å². The molecule has 3 unspecified atom stereocenters. The van der Waals surface area contributed by atoms with Crippen LogP contribution in [-0.4, -0.2) is 38.8 Å². The molecule has 1 N–H and O–H groups in total. The Hall–Kier alpha value is -1.11. The highest BCUT2D eigenvalue weighted by molar-refractivity contribution is 7.89. The normalized spacial score (nSPS) is 25.5. The summed E-state index contributed by atoms with van der Waals surface area (Å²) in [7, 11) is -2.27. The van der Waals surface area contributed by atoms with Crippen molar-refractivity contribution in [2.45, 2.75) is 37.0 Å². The number of carbonyl (C=O) groups is 1. The van der Waals surface area contributed by atoms with Crippen LogP contribution >= 0.6 is 11.6 Å². The maximum absolute atomic E-state index is 12.5. The highest BCUT2D eigenvalue weighted by atomic mass is 35.5. The standard InChI is InChI=1S/C18H25ClN2O3S/c1-21(25(23,24)17-6-4-16(19)5-7-17)12-18(22)20-9-8-15-11-13-2-3-14(15)10-13/h4-7,13-15H,2-3,8-12H2,1H3,(H,20,22). The zero-order chi connectivity index (χ0) is 18.0. The van der Waals surface area contributed by atoms with E-state index in [2.05, 4.69) is 5.32 Å². The average Bonchev–Trinajstić information content (AvgIpc) is 3.18. The Labute approximate surface area is 154 Å². The number of hydrogen-bond donors (Lipinski definition) is 1. The van der Waals surface area contributed by atoms with E-state index in [9.17, 15) is 13.2 Å². The van der Waals surface area contributed by atoms with Crippen molar-refractivity contribution >= 4 is 27.5 Å². The monoisotopic (exact) mass is 384 g/mol. The SMILES string of the molecule is CN(CC(=O)NCCC1CC2CCC1C2)S(=O)(=O)c1ccc(Cl)cc1. The van der Waals surface area contributed by atoms with E-state index in [4.69, 9.17) is 11.6 Å². The molecule has 1 aromatic rings. The molecule has 0 aliphatic heterocycles. The molecule has 7 heteroatoms. The third-order valence-corrected chi connectivity index (χ3v) is 7.68. The molecular weight excluding hydrogens is 360 g/mol. The van der Waals surface area contributed by atoms with E-state index in [0.29, 0.717) is 11.6 Å². The predicted octanol–water partition coefficient (Wildman–Crippen LogP) is 2.90. The Balaban J connectivity index is 1.46. The quantitative estimate of drug-likeness (QED) is 0.786. The zero-order valence-corrected chi connectivity index (χ0v) is 16.0. The summed E-state index contributed by atoms with van der Waals surface area (Å²) < 4.78 is 26.0. The summed E-state index contributed by atoms with van der Waals surface area (Å²) in [6, 6.07) is 5.94. The molecule has 1 amide bonds. The lowest BCUT2D eigenvalue weighted by atomic mass is 9.86. The Morgan fingerprint density at radius 2 is 1.96 bits per heavy atom. The third kappa shape index (κ3) is 4.36. The molecule has 0 saturated heterocycles. The van der Waals surface area contributed by atoms with Gasteiger partial charge in [-0.05, 0) is 67.7 Å². The number of fused-ring (bicyclic) bond motifs is 2. The summed E-state index contributed by atoms with van der Waals surface area (Å²) in [6.45, 7) is 0.448. The van der Waals surface area contributed by atoms with Crippen LogP contribution < -0.4 is 5.32 Å². The highest BCUT2D eigenvalue weighted by Gasteiger charge is 2.38. The van der Waals surface area contributed by atoms with Gasteiger partial charge >= 0.3 is 0 Å². The molecule has 2 fully saturated rings. The van der Waals surface area contributed by atoms with Gasteiger partial charge in [-0.25, -0.2) is 8.42 Å². The number of benzene rings is 1. The fraction of sp³-hybridized carbons (Fsp3) is 0.611. The van der Waals surface area contributed by atoms with E-state index in [0.717, 1.165) is 28.5 Å². The lowest BCUT2D eigenvalue weighted by Gasteiger charge is -2.22. The van der Waals surface area contributed by atoms with Gasteiger partial charge in [0.25, 0.3) is 0 Å². The van der Waals surface area contributed by atoms with Crippen LogP contribution in [0.1, 0.15) is 32.1 Å². The van der Waals surface area contributed by atoms with Crippen LogP contribution in [0.15, 0.2) is 29.2 Å². The molecule has 2 aliphatic carbocycles. The number of amides is 1. The van der Waals surface area contributed by atoms with Crippen LogP contribution in [0.5, 0.6) is 0 Å². The van der Waals surface area contributed by atoms with Crippen LogP contribution in [0.25, 0.3) is 0 Å². The summed E-state index contributed by atoms with van der Waals surface area (Å²) >= 11 is 5.79. The van der Waals surface area contributed by atoms with Gasteiger partial charge in [-0.1, -0.05) is 18.0 Å². The molecule has 3 atom stereocenters. The minimum Gasteiger partial charge on any atom is -0.355 e. The molecule has 3 rings (SSSR count). The van der Waals surface area contributed by atoms with Crippen molar-refractivity contribution in [2.75, 3.05) is 20.1 Å². The van der Waals surface area contributed by atoms with Gasteiger partial charge in [0, 0.05) is 18.6 Å². The molecule has 2 saturated carbocycles. The second kappa shape index (κ2) is 7.64. The summed E-state index contributed by atoms with van der Waals surface area (Å²) in [5.74, 6) is 2.22. The van der Waals surface area contributed by atoms with Gasteiger partial charge in [0.05, 0.1) is 11.4 Å². The molecule has 0 radical (unpaired) electrons. The van der Waals surface area contributed by atoms with E-state index in [1.165, 1.54) is 57.0 Å². The van der Waals surface area contributed by atoms with Crippen LogP contribution in [-0.2, 0) is 14.8 Å². The first-order valence-electron chi connectivity index (χ1n) is 8.85. The smallest absolute Gasteiger partial charge is 0.243 e. The molecule has 0 heterocycles. The Bertz CT molecular complexity index is 720. The minimum atomic E-state index is -3.68. The summed E-state index contributed by atoms with van der Waals surface area (Å²) in [5, 5.41) is 3.34. The Kier molecular flexibility index (Phi) is 5.71. The van der Waals surface area contributed by atoms with Gasteiger partial charge in [-0.2, -0.15) is 4.31 Å². The number of hydrogen-bond acceptors (Lipinski definition) is 3. The summed E-state index contributed by atoms with van der Waals surface area (Å²) in [6.07, 6.45) is 6.37. The molecule has 25 heavy (non-hydrogen) atoms. The molecule has 5 nitrogen and oxygen atoms in total.